The molecule has 0 saturated carbocycles. The van der Waals surface area contributed by atoms with Crippen LogP contribution in [0.1, 0.15) is 33.1 Å². The van der Waals surface area contributed by atoms with Gasteiger partial charge in [0.25, 0.3) is 5.91 Å². The molecule has 6 rings (SSSR count). The van der Waals surface area contributed by atoms with Gasteiger partial charge >= 0.3 is 0 Å². The van der Waals surface area contributed by atoms with Gasteiger partial charge in [-0.05, 0) is 24.3 Å². The van der Waals surface area contributed by atoms with Gasteiger partial charge < -0.3 is 14.9 Å². The number of nitrogens with one attached hydrogen (secondary N) is 2. The monoisotopic (exact) mass is 400 g/mol. The van der Waals surface area contributed by atoms with E-state index in [0.717, 1.165) is 44.1 Å². The van der Waals surface area contributed by atoms with Crippen LogP contribution >= 0.6 is 11.3 Å². The van der Waals surface area contributed by atoms with Crippen molar-refractivity contribution < 1.29 is 4.79 Å². The Morgan fingerprint density at radius 2 is 1.90 bits per heavy atom. The van der Waals surface area contributed by atoms with E-state index in [2.05, 4.69) is 26.0 Å². The van der Waals surface area contributed by atoms with Crippen LogP contribution in [0, 0.1) is 0 Å². The van der Waals surface area contributed by atoms with Gasteiger partial charge in [-0.3, -0.25) is 4.79 Å². The number of aromatic nitrogens is 5. The molecule has 7 nitrogen and oxygen atoms in total. The zero-order chi connectivity index (χ0) is 19.4. The third kappa shape index (κ3) is 2.56. The van der Waals surface area contributed by atoms with Crippen LogP contribution in [-0.4, -0.2) is 42.3 Å². The van der Waals surface area contributed by atoms with Crippen LogP contribution in [0.5, 0.6) is 0 Å². The van der Waals surface area contributed by atoms with Crippen molar-refractivity contribution in [2.75, 3.05) is 6.54 Å². The Morgan fingerprint density at radius 1 is 1.07 bits per heavy atom. The Labute approximate surface area is 169 Å². The van der Waals surface area contributed by atoms with E-state index in [1.807, 2.05) is 47.4 Å². The zero-order valence-electron chi connectivity index (χ0n) is 15.3. The highest BCUT2D eigenvalue weighted by atomic mass is 32.1. The van der Waals surface area contributed by atoms with Gasteiger partial charge in [-0.1, -0.05) is 24.3 Å². The number of hydrogen-bond acceptors (Lipinski definition) is 5. The largest absolute Gasteiger partial charge is 0.348 e. The molecule has 1 amide bonds. The molecule has 0 spiro atoms. The molecular weight excluding hydrogens is 384 g/mol. The van der Waals surface area contributed by atoms with E-state index in [-0.39, 0.29) is 11.9 Å². The fourth-order valence-corrected chi connectivity index (χ4v) is 5.03. The first-order valence-corrected chi connectivity index (χ1v) is 10.2. The summed E-state index contributed by atoms with van der Waals surface area (Å²) >= 11 is 1.60. The highest BCUT2D eigenvalue weighted by molar-refractivity contribution is 7.18. The van der Waals surface area contributed by atoms with E-state index in [1.165, 1.54) is 0 Å². The quantitative estimate of drug-likeness (QED) is 0.473. The second-order valence-corrected chi connectivity index (χ2v) is 8.10. The maximum Gasteiger partial charge on any atom is 0.290 e. The van der Waals surface area contributed by atoms with Gasteiger partial charge in [0.15, 0.2) is 5.82 Å². The van der Waals surface area contributed by atoms with Gasteiger partial charge in [0, 0.05) is 18.7 Å². The van der Waals surface area contributed by atoms with Gasteiger partial charge in [0.05, 0.1) is 33.3 Å². The van der Waals surface area contributed by atoms with Crippen molar-refractivity contribution in [3.8, 4) is 0 Å². The Bertz CT molecular complexity index is 1300. The molecule has 1 atom stereocenters. The maximum absolute atomic E-state index is 13.5. The summed E-state index contributed by atoms with van der Waals surface area (Å²) in [6.45, 7) is 0.575. The Hall–Kier alpha value is -3.52. The lowest BCUT2D eigenvalue weighted by atomic mass is 10.0. The van der Waals surface area contributed by atoms with E-state index in [4.69, 9.17) is 4.98 Å². The molecule has 2 N–H and O–H groups in total. The minimum atomic E-state index is -0.330. The number of H-pyrrole nitrogens is 2. The summed E-state index contributed by atoms with van der Waals surface area (Å²) in [5, 5.41) is 0.865. The molecule has 5 aromatic rings. The third-order valence-corrected chi connectivity index (χ3v) is 6.41. The van der Waals surface area contributed by atoms with Crippen molar-refractivity contribution in [1.29, 1.82) is 0 Å². The van der Waals surface area contributed by atoms with E-state index in [9.17, 15) is 4.79 Å². The molecule has 0 radical (unpaired) electrons. The van der Waals surface area contributed by atoms with Crippen LogP contribution in [-0.2, 0) is 6.42 Å². The average Bonchev–Trinajstić information content (AvgIpc) is 3.49. The van der Waals surface area contributed by atoms with Crippen molar-refractivity contribution >= 4 is 38.5 Å². The number of carbonyl (C=O) groups excluding carboxylic acids is 1. The van der Waals surface area contributed by atoms with Gasteiger partial charge in [0.1, 0.15) is 11.0 Å². The van der Waals surface area contributed by atoms with Crippen LogP contribution in [0.2, 0.25) is 0 Å². The number of amides is 1. The van der Waals surface area contributed by atoms with Crippen molar-refractivity contribution in [3.63, 3.8) is 0 Å². The van der Waals surface area contributed by atoms with Gasteiger partial charge in [-0.15, -0.1) is 11.3 Å². The van der Waals surface area contributed by atoms with Crippen LogP contribution in [0.25, 0.3) is 21.3 Å². The summed E-state index contributed by atoms with van der Waals surface area (Å²) in [5.41, 5.74) is 4.49. The van der Waals surface area contributed by atoms with Crippen LogP contribution in [0.3, 0.4) is 0 Å². The molecule has 0 saturated heterocycles. The van der Waals surface area contributed by atoms with E-state index < -0.39 is 0 Å². The number of imidazole rings is 2. The Kier molecular flexibility index (Phi) is 3.54. The fourth-order valence-electron chi connectivity index (χ4n) is 3.94. The average molecular weight is 400 g/mol. The molecule has 1 aliphatic heterocycles. The summed E-state index contributed by atoms with van der Waals surface area (Å²) < 4.78 is 1.10. The lowest BCUT2D eigenvalue weighted by molar-refractivity contribution is 0.0679. The van der Waals surface area contributed by atoms with Crippen molar-refractivity contribution in [2.24, 2.45) is 0 Å². The summed E-state index contributed by atoms with van der Waals surface area (Å²) in [7, 11) is 0. The molecule has 142 valence electrons. The standard InChI is InChI=1S/C21H16N6OS/c28-21(19-24-12-5-1-2-6-13(12)25-19)27-10-9-15-17(23-11-22-15)18(27)20-26-14-7-3-4-8-16(14)29-20/h1-8,11,18H,9-10H2,(H,22,23)(H,24,25)/t18-/m0/s1. The first-order chi connectivity index (χ1) is 14.3. The predicted octanol–water partition coefficient (Wildman–Crippen LogP) is 3.68. The summed E-state index contributed by atoms with van der Waals surface area (Å²) in [5.74, 6) is 0.204. The lowest BCUT2D eigenvalue weighted by Gasteiger charge is -2.33. The molecule has 29 heavy (non-hydrogen) atoms. The van der Waals surface area contributed by atoms with Crippen molar-refractivity contribution in [3.05, 3.63) is 77.1 Å². The number of carbonyl (C=O) groups is 1. The molecule has 4 heterocycles. The number of aromatic amines is 2. The van der Waals surface area contributed by atoms with Crippen LogP contribution in [0.15, 0.2) is 54.9 Å². The zero-order valence-corrected chi connectivity index (χ0v) is 16.1. The first kappa shape index (κ1) is 16.4. The highest BCUT2D eigenvalue weighted by Crippen LogP contribution is 2.38. The number of benzene rings is 2. The van der Waals surface area contributed by atoms with Crippen molar-refractivity contribution in [1.82, 2.24) is 29.8 Å². The smallest absolute Gasteiger partial charge is 0.290 e. The number of hydrogen-bond donors (Lipinski definition) is 2. The normalized spacial score (nSPS) is 16.4. The first-order valence-electron chi connectivity index (χ1n) is 9.41. The molecule has 0 unspecified atom stereocenters. The maximum atomic E-state index is 13.5. The predicted molar refractivity (Wildman–Crippen MR) is 111 cm³/mol. The molecule has 1 aliphatic rings. The third-order valence-electron chi connectivity index (χ3n) is 5.32. The van der Waals surface area contributed by atoms with Crippen LogP contribution in [0.4, 0.5) is 0 Å². The molecular formula is C21H16N6OS. The van der Waals surface area contributed by atoms with E-state index in [1.54, 1.807) is 17.7 Å². The highest BCUT2D eigenvalue weighted by Gasteiger charge is 2.37. The topological polar surface area (TPSA) is 90.6 Å². The molecule has 8 heteroatoms. The fraction of sp³-hybridized carbons (Fsp3) is 0.143. The van der Waals surface area contributed by atoms with Gasteiger partial charge in [-0.25, -0.2) is 15.0 Å². The molecule has 0 aliphatic carbocycles. The number of nitrogens with zero attached hydrogens (tertiary/aromatic N) is 4. The van der Waals surface area contributed by atoms with E-state index in [0.29, 0.717) is 12.4 Å². The number of rotatable bonds is 2. The SMILES string of the molecule is O=C(c1nc2ccccc2[nH]1)N1CCc2[nH]cnc2[C@H]1c1nc2ccccc2s1. The van der Waals surface area contributed by atoms with Gasteiger partial charge in [0.2, 0.25) is 0 Å². The summed E-state index contributed by atoms with van der Waals surface area (Å²) in [6, 6.07) is 15.4. The summed E-state index contributed by atoms with van der Waals surface area (Å²) in [6.07, 6.45) is 2.42. The molecule has 3 aromatic heterocycles. The van der Waals surface area contributed by atoms with Gasteiger partial charge in [-0.2, -0.15) is 0 Å². The Morgan fingerprint density at radius 3 is 2.76 bits per heavy atom. The number of thiazole rings is 1. The minimum Gasteiger partial charge on any atom is -0.348 e. The van der Waals surface area contributed by atoms with E-state index >= 15 is 0 Å². The molecule has 0 bridgehead atoms. The molecule has 2 aromatic carbocycles. The second kappa shape index (κ2) is 6.25. The lowest BCUT2D eigenvalue weighted by Crippen LogP contribution is -2.41. The molecule has 0 fully saturated rings. The number of para-hydroxylation sites is 3. The van der Waals surface area contributed by atoms with Crippen LogP contribution < -0.4 is 0 Å². The van der Waals surface area contributed by atoms with Crippen molar-refractivity contribution in [2.45, 2.75) is 12.5 Å². The number of fused-ring (bicyclic) bond motifs is 3. The summed E-state index contributed by atoms with van der Waals surface area (Å²) in [4.78, 5) is 35.6. The minimum absolute atomic E-state index is 0.140. The second-order valence-electron chi connectivity index (χ2n) is 7.04. The Balaban J connectivity index is 1.47.